The number of ether oxygens (including phenoxy) is 2. The van der Waals surface area contributed by atoms with E-state index < -0.39 is 21.0 Å². The zero-order valence-electron chi connectivity index (χ0n) is 21.9. The van der Waals surface area contributed by atoms with E-state index in [2.05, 4.69) is 30.9 Å². The zero-order chi connectivity index (χ0) is 27.5. The summed E-state index contributed by atoms with van der Waals surface area (Å²) < 4.78 is 44.8. The zero-order valence-corrected chi connectivity index (χ0v) is 29.0. The molecule has 6 N–H and O–H groups in total. The molecule has 18 heteroatoms. The summed E-state index contributed by atoms with van der Waals surface area (Å²) in [4.78, 5) is 23.3. The number of aliphatic hydroxyl groups is 1. The fourth-order valence-electron chi connectivity index (χ4n) is 3.01. The standard InChI is InChI=1S/C22H27N7O8S.2K/c23-15-11-17(13-18(12-15)38(33,34)35)26-22-28-20(24-4-6-36-8-9-37-7-5-30)27-21(29-22)25-16-3-1-2-14(10-16)19(31)32;;/h1-3,10-13,30H,4-9,23H2,(H,31,32)(H,33,34,35)(H3,24,25,26,27,28,29);;/q;2*+1/p-2. The molecule has 0 saturated carbocycles. The molecule has 204 valence electrons. The van der Waals surface area contributed by atoms with Gasteiger partial charge in [-0.3, -0.25) is 0 Å². The third kappa shape index (κ3) is 13.0. The normalized spacial score (nSPS) is 10.7. The first-order chi connectivity index (χ1) is 18.1. The van der Waals surface area contributed by atoms with Gasteiger partial charge in [0.2, 0.25) is 17.8 Å². The summed E-state index contributed by atoms with van der Waals surface area (Å²) >= 11 is 0. The Kier molecular flexibility index (Phi) is 17.4. The van der Waals surface area contributed by atoms with Gasteiger partial charge in [-0.1, -0.05) is 12.1 Å². The van der Waals surface area contributed by atoms with Crippen LogP contribution in [-0.2, 0) is 19.6 Å². The fourth-order valence-corrected chi connectivity index (χ4v) is 3.56. The van der Waals surface area contributed by atoms with Crippen LogP contribution in [0.3, 0.4) is 0 Å². The molecular formula is C22H25K2N7O8S. The Morgan fingerprint density at radius 1 is 0.900 bits per heavy atom. The van der Waals surface area contributed by atoms with E-state index in [0.29, 0.717) is 25.4 Å². The van der Waals surface area contributed by atoms with E-state index in [9.17, 15) is 22.9 Å². The summed E-state index contributed by atoms with van der Waals surface area (Å²) in [6, 6.07) is 9.28. The maximum absolute atomic E-state index is 11.4. The largest absolute Gasteiger partial charge is 1.00 e. The molecular weight excluding hydrogens is 601 g/mol. The van der Waals surface area contributed by atoms with Gasteiger partial charge >= 0.3 is 103 Å². The van der Waals surface area contributed by atoms with Gasteiger partial charge in [0.25, 0.3) is 0 Å². The molecule has 0 spiro atoms. The molecule has 0 bridgehead atoms. The van der Waals surface area contributed by atoms with Crippen LogP contribution >= 0.6 is 0 Å². The van der Waals surface area contributed by atoms with E-state index in [1.807, 2.05) is 0 Å². The number of carbonyl (C=O) groups is 1. The number of nitrogens with zero attached hydrogens (tertiary/aromatic N) is 3. The van der Waals surface area contributed by atoms with E-state index in [0.717, 1.165) is 12.1 Å². The van der Waals surface area contributed by atoms with E-state index in [-0.39, 0.29) is 157 Å². The van der Waals surface area contributed by atoms with Crippen molar-refractivity contribution in [3.8, 4) is 0 Å². The molecule has 0 amide bonds. The number of aromatic carboxylic acids is 1. The maximum Gasteiger partial charge on any atom is 1.00 e. The maximum atomic E-state index is 11.4. The Morgan fingerprint density at radius 3 is 2.15 bits per heavy atom. The van der Waals surface area contributed by atoms with Crippen LogP contribution in [-0.4, -0.2) is 78.6 Å². The second kappa shape index (κ2) is 18.7. The first-order valence-corrected chi connectivity index (χ1v) is 12.5. The molecule has 0 fully saturated rings. The van der Waals surface area contributed by atoms with Crippen LogP contribution < -0.4 is 130 Å². The van der Waals surface area contributed by atoms with Crippen LogP contribution in [0, 0.1) is 0 Å². The van der Waals surface area contributed by atoms with Gasteiger partial charge in [0, 0.05) is 23.6 Å². The summed E-state index contributed by atoms with van der Waals surface area (Å²) in [6.07, 6.45) is 0. The monoisotopic (exact) mass is 625 g/mol. The van der Waals surface area contributed by atoms with Gasteiger partial charge in [-0.05, 0) is 35.9 Å². The quantitative estimate of drug-likeness (QED) is 0.0457. The molecule has 3 aromatic rings. The summed E-state index contributed by atoms with van der Waals surface area (Å²) in [5.74, 6) is -1.29. The summed E-state index contributed by atoms with van der Waals surface area (Å²) in [5, 5.41) is 28.5. The molecule has 0 saturated heterocycles. The average molecular weight is 626 g/mol. The minimum Gasteiger partial charge on any atom is -0.744 e. The fraction of sp³-hybridized carbons (Fsp3) is 0.273. The van der Waals surface area contributed by atoms with Gasteiger partial charge < -0.3 is 50.7 Å². The molecule has 0 aliphatic carbocycles. The summed E-state index contributed by atoms with van der Waals surface area (Å²) in [7, 11) is -4.77. The van der Waals surface area contributed by atoms with Gasteiger partial charge in [-0.2, -0.15) is 15.0 Å². The minimum absolute atomic E-state index is 0. The SMILES string of the molecule is Nc1cc(Nc2nc(NCCOCCOCCO)nc(Nc3cccc(C(=O)[O-])c3)n2)cc(S(=O)(=O)[O-])c1.[K+].[K+]. The van der Waals surface area contributed by atoms with Crippen molar-refractivity contribution in [1.82, 2.24) is 15.0 Å². The van der Waals surface area contributed by atoms with E-state index >= 15 is 0 Å². The molecule has 1 heterocycles. The number of hydrogen-bond acceptors (Lipinski definition) is 15. The van der Waals surface area contributed by atoms with Crippen molar-refractivity contribution in [1.29, 1.82) is 0 Å². The number of rotatable bonds is 15. The van der Waals surface area contributed by atoms with Crippen molar-refractivity contribution in [2.75, 3.05) is 61.3 Å². The predicted octanol–water partition coefficient (Wildman–Crippen LogP) is -6.35. The number of nitrogen functional groups attached to an aromatic ring is 1. The van der Waals surface area contributed by atoms with Crippen molar-refractivity contribution in [2.24, 2.45) is 0 Å². The van der Waals surface area contributed by atoms with E-state index in [1.165, 1.54) is 24.3 Å². The van der Waals surface area contributed by atoms with Crippen molar-refractivity contribution in [3.05, 3.63) is 48.0 Å². The van der Waals surface area contributed by atoms with Gasteiger partial charge in [0.1, 0.15) is 10.1 Å². The average Bonchev–Trinajstić information content (AvgIpc) is 2.85. The Morgan fingerprint density at radius 2 is 1.52 bits per heavy atom. The van der Waals surface area contributed by atoms with Crippen LogP contribution in [0.15, 0.2) is 47.4 Å². The molecule has 1 aromatic heterocycles. The van der Waals surface area contributed by atoms with Crippen molar-refractivity contribution >= 4 is 51.0 Å². The number of aliphatic hydroxyl groups excluding tert-OH is 1. The van der Waals surface area contributed by atoms with E-state index in [1.54, 1.807) is 6.07 Å². The minimum atomic E-state index is -4.77. The number of aromatic nitrogens is 3. The summed E-state index contributed by atoms with van der Waals surface area (Å²) in [5.41, 5.74) is 6.18. The Hall–Kier alpha value is -0.817. The number of anilines is 6. The van der Waals surface area contributed by atoms with Gasteiger partial charge in [-0.25, -0.2) is 8.42 Å². The molecule has 0 radical (unpaired) electrons. The predicted molar refractivity (Wildman–Crippen MR) is 133 cm³/mol. The van der Waals surface area contributed by atoms with Crippen LogP contribution in [0.1, 0.15) is 10.4 Å². The van der Waals surface area contributed by atoms with Crippen LogP contribution in [0.2, 0.25) is 0 Å². The molecule has 2 aromatic carbocycles. The number of carboxylic acids is 1. The molecule has 0 atom stereocenters. The number of carbonyl (C=O) groups excluding carboxylic acids is 1. The van der Waals surface area contributed by atoms with Crippen molar-refractivity contribution < 1.29 is 140 Å². The number of benzene rings is 2. The van der Waals surface area contributed by atoms with Crippen LogP contribution in [0.4, 0.5) is 34.9 Å². The second-order valence-electron chi connectivity index (χ2n) is 7.54. The van der Waals surface area contributed by atoms with Crippen LogP contribution in [0.25, 0.3) is 0 Å². The molecule has 0 aliphatic rings. The topological polar surface area (TPSA) is 237 Å². The summed E-state index contributed by atoms with van der Waals surface area (Å²) in [6.45, 7) is 1.34. The molecule has 0 unspecified atom stereocenters. The Bertz CT molecular complexity index is 1370. The molecule has 3 rings (SSSR count). The number of carboxylic acid groups (broad SMARTS) is 1. The van der Waals surface area contributed by atoms with Crippen molar-refractivity contribution in [3.63, 3.8) is 0 Å². The number of nitrogens with one attached hydrogen (secondary N) is 3. The first-order valence-electron chi connectivity index (χ1n) is 11.1. The second-order valence-corrected chi connectivity index (χ2v) is 8.92. The number of hydrogen-bond donors (Lipinski definition) is 5. The molecule has 40 heavy (non-hydrogen) atoms. The first kappa shape index (κ1) is 37.2. The van der Waals surface area contributed by atoms with E-state index in [4.69, 9.17) is 20.3 Å². The molecule has 0 aliphatic heterocycles. The van der Waals surface area contributed by atoms with Gasteiger partial charge in [0.15, 0.2) is 0 Å². The smallest absolute Gasteiger partial charge is 0.744 e. The van der Waals surface area contributed by atoms with Gasteiger partial charge in [-0.15, -0.1) is 0 Å². The van der Waals surface area contributed by atoms with Gasteiger partial charge in [0.05, 0.1) is 43.9 Å². The van der Waals surface area contributed by atoms with Crippen LogP contribution in [0.5, 0.6) is 0 Å². The number of nitrogens with two attached hydrogens (primary N) is 1. The van der Waals surface area contributed by atoms with Crippen molar-refractivity contribution in [2.45, 2.75) is 4.90 Å². The Balaban J connectivity index is 0.00000400. The molecule has 15 nitrogen and oxygen atoms in total. The Labute approximate surface area is 315 Å². The third-order valence-corrected chi connectivity index (χ3v) is 5.41. The third-order valence-electron chi connectivity index (χ3n) is 4.60.